The monoisotopic (exact) mass is 241 g/mol. The van der Waals surface area contributed by atoms with Crippen molar-refractivity contribution in [2.24, 2.45) is 7.05 Å². The molecule has 0 saturated heterocycles. The summed E-state index contributed by atoms with van der Waals surface area (Å²) < 4.78 is 14.3. The Balaban J connectivity index is 2.41. The van der Waals surface area contributed by atoms with Crippen molar-refractivity contribution in [3.8, 4) is 0 Å². The number of hydrogen-bond acceptors (Lipinski definition) is 3. The van der Waals surface area contributed by atoms with Gasteiger partial charge < -0.3 is 5.11 Å². The van der Waals surface area contributed by atoms with E-state index < -0.39 is 11.9 Å². The number of nitrogens with zero attached hydrogens (tertiary/aromatic N) is 3. The lowest BCUT2D eigenvalue weighted by Gasteiger charge is -2.12. The first-order valence-corrected chi connectivity index (χ1v) is 4.95. The van der Waals surface area contributed by atoms with E-state index in [1.807, 2.05) is 0 Å². The first kappa shape index (κ1) is 11.0. The summed E-state index contributed by atoms with van der Waals surface area (Å²) in [5.74, 6) is -0.441. The number of aromatic nitrogens is 3. The third-order valence-electron chi connectivity index (χ3n) is 2.29. The zero-order valence-electron chi connectivity index (χ0n) is 8.43. The van der Waals surface area contributed by atoms with Gasteiger partial charge in [-0.25, -0.2) is 9.07 Å². The molecule has 6 heteroatoms. The standard InChI is InChI=1S/C10H9ClFN3O/c1-15-9(5-13-14-15)10(16)7-3-2-6(12)4-8(7)11/h2-5,10,16H,1H3. The molecule has 2 rings (SSSR count). The van der Waals surface area contributed by atoms with Crippen LogP contribution in [-0.4, -0.2) is 20.1 Å². The van der Waals surface area contributed by atoms with Gasteiger partial charge in [0, 0.05) is 17.6 Å². The second kappa shape index (κ2) is 4.19. The maximum atomic E-state index is 12.8. The molecule has 1 unspecified atom stereocenters. The number of aliphatic hydroxyl groups is 1. The molecule has 0 aliphatic heterocycles. The molecule has 0 saturated carbocycles. The van der Waals surface area contributed by atoms with Gasteiger partial charge in [-0.05, 0) is 12.1 Å². The molecule has 1 aromatic heterocycles. The minimum absolute atomic E-state index is 0.175. The highest BCUT2D eigenvalue weighted by Gasteiger charge is 2.17. The van der Waals surface area contributed by atoms with E-state index in [9.17, 15) is 9.50 Å². The van der Waals surface area contributed by atoms with Crippen LogP contribution in [0.5, 0.6) is 0 Å². The Morgan fingerprint density at radius 2 is 2.25 bits per heavy atom. The quantitative estimate of drug-likeness (QED) is 0.871. The van der Waals surface area contributed by atoms with Gasteiger partial charge in [0.25, 0.3) is 0 Å². The Labute approximate surface area is 96.3 Å². The summed E-state index contributed by atoms with van der Waals surface area (Å²) >= 11 is 5.84. The van der Waals surface area contributed by atoms with Crippen molar-refractivity contribution >= 4 is 11.6 Å². The van der Waals surface area contributed by atoms with Crippen LogP contribution in [0.4, 0.5) is 4.39 Å². The second-order valence-electron chi connectivity index (χ2n) is 3.35. The van der Waals surface area contributed by atoms with Gasteiger partial charge in [0.2, 0.25) is 0 Å². The van der Waals surface area contributed by atoms with Gasteiger partial charge in [0.15, 0.2) is 0 Å². The Morgan fingerprint density at radius 3 is 2.81 bits per heavy atom. The largest absolute Gasteiger partial charge is 0.382 e. The number of rotatable bonds is 2. The molecular weight excluding hydrogens is 233 g/mol. The number of halogens is 2. The predicted octanol–water partition coefficient (Wildman–Crippen LogP) is 1.69. The number of aryl methyl sites for hydroxylation is 1. The molecule has 2 aromatic rings. The maximum Gasteiger partial charge on any atom is 0.124 e. The lowest BCUT2D eigenvalue weighted by molar-refractivity contribution is 0.209. The van der Waals surface area contributed by atoms with E-state index in [0.717, 1.165) is 6.07 Å². The van der Waals surface area contributed by atoms with Crippen molar-refractivity contribution in [3.05, 3.63) is 46.5 Å². The zero-order chi connectivity index (χ0) is 11.7. The molecule has 1 heterocycles. The highest BCUT2D eigenvalue weighted by molar-refractivity contribution is 6.31. The van der Waals surface area contributed by atoms with Gasteiger partial charge >= 0.3 is 0 Å². The number of hydrogen-bond donors (Lipinski definition) is 1. The van der Waals surface area contributed by atoms with Gasteiger partial charge in [0.05, 0.1) is 11.9 Å². The molecule has 1 N–H and O–H groups in total. The van der Waals surface area contributed by atoms with E-state index in [1.165, 1.54) is 23.0 Å². The van der Waals surface area contributed by atoms with Crippen molar-refractivity contribution in [2.75, 3.05) is 0 Å². The van der Waals surface area contributed by atoms with Gasteiger partial charge in [-0.15, -0.1) is 5.10 Å². The van der Waals surface area contributed by atoms with Crippen molar-refractivity contribution < 1.29 is 9.50 Å². The average Bonchev–Trinajstić information content (AvgIpc) is 2.63. The van der Waals surface area contributed by atoms with Crippen LogP contribution in [0.3, 0.4) is 0 Å². The molecule has 0 radical (unpaired) electrons. The van der Waals surface area contributed by atoms with Crippen LogP contribution in [0.2, 0.25) is 5.02 Å². The smallest absolute Gasteiger partial charge is 0.124 e. The SMILES string of the molecule is Cn1nncc1C(O)c1ccc(F)cc1Cl. The summed E-state index contributed by atoms with van der Waals surface area (Å²) in [5, 5.41) is 17.6. The zero-order valence-corrected chi connectivity index (χ0v) is 9.19. The van der Waals surface area contributed by atoms with Crippen LogP contribution in [0.1, 0.15) is 17.4 Å². The molecule has 0 amide bonds. The van der Waals surface area contributed by atoms with Crippen LogP contribution < -0.4 is 0 Å². The molecule has 0 bridgehead atoms. The maximum absolute atomic E-state index is 12.8. The van der Waals surface area contributed by atoms with Gasteiger partial charge in [-0.1, -0.05) is 22.9 Å². The fraction of sp³-hybridized carbons (Fsp3) is 0.200. The molecule has 84 valence electrons. The lowest BCUT2D eigenvalue weighted by atomic mass is 10.1. The van der Waals surface area contributed by atoms with Crippen LogP contribution in [0.15, 0.2) is 24.4 Å². The summed E-state index contributed by atoms with van der Waals surface area (Å²) in [4.78, 5) is 0. The minimum Gasteiger partial charge on any atom is -0.382 e. The normalized spacial score (nSPS) is 12.8. The molecule has 1 aromatic carbocycles. The van der Waals surface area contributed by atoms with E-state index >= 15 is 0 Å². The van der Waals surface area contributed by atoms with E-state index in [4.69, 9.17) is 11.6 Å². The minimum atomic E-state index is -0.965. The van der Waals surface area contributed by atoms with Crippen LogP contribution in [0, 0.1) is 5.82 Å². The molecule has 0 aliphatic rings. The summed E-state index contributed by atoms with van der Waals surface area (Å²) in [5.41, 5.74) is 0.918. The number of benzene rings is 1. The van der Waals surface area contributed by atoms with Gasteiger partial charge in [-0.3, -0.25) is 0 Å². The second-order valence-corrected chi connectivity index (χ2v) is 3.76. The molecular formula is C10H9ClFN3O. The highest BCUT2D eigenvalue weighted by atomic mass is 35.5. The fourth-order valence-corrected chi connectivity index (χ4v) is 1.70. The van der Waals surface area contributed by atoms with E-state index in [2.05, 4.69) is 10.3 Å². The van der Waals surface area contributed by atoms with Gasteiger partial charge in [0.1, 0.15) is 11.9 Å². The van der Waals surface area contributed by atoms with Gasteiger partial charge in [-0.2, -0.15) is 0 Å². The molecule has 4 nitrogen and oxygen atoms in total. The summed E-state index contributed by atoms with van der Waals surface area (Å²) in [6.07, 6.45) is 0.470. The molecule has 0 spiro atoms. The van der Waals surface area contributed by atoms with Crippen LogP contribution in [-0.2, 0) is 7.05 Å². The third-order valence-corrected chi connectivity index (χ3v) is 2.61. The van der Waals surface area contributed by atoms with E-state index in [0.29, 0.717) is 11.3 Å². The third kappa shape index (κ3) is 1.91. The Bertz CT molecular complexity index is 515. The molecule has 0 fully saturated rings. The van der Waals surface area contributed by atoms with Crippen LogP contribution >= 0.6 is 11.6 Å². The average molecular weight is 242 g/mol. The fourth-order valence-electron chi connectivity index (χ4n) is 1.43. The van der Waals surface area contributed by atoms with Crippen molar-refractivity contribution in [2.45, 2.75) is 6.10 Å². The Morgan fingerprint density at radius 1 is 1.50 bits per heavy atom. The summed E-state index contributed by atoms with van der Waals surface area (Å²) in [7, 11) is 1.66. The van der Waals surface area contributed by atoms with Crippen molar-refractivity contribution in [1.29, 1.82) is 0 Å². The van der Waals surface area contributed by atoms with Crippen molar-refractivity contribution in [1.82, 2.24) is 15.0 Å². The van der Waals surface area contributed by atoms with Crippen LogP contribution in [0.25, 0.3) is 0 Å². The van der Waals surface area contributed by atoms with E-state index in [1.54, 1.807) is 7.05 Å². The predicted molar refractivity (Wildman–Crippen MR) is 56.5 cm³/mol. The molecule has 0 aliphatic carbocycles. The Kier molecular flexibility index (Phi) is 2.89. The first-order valence-electron chi connectivity index (χ1n) is 4.57. The highest BCUT2D eigenvalue weighted by Crippen LogP contribution is 2.27. The topological polar surface area (TPSA) is 50.9 Å². The lowest BCUT2D eigenvalue weighted by Crippen LogP contribution is -2.07. The molecule has 16 heavy (non-hydrogen) atoms. The van der Waals surface area contributed by atoms with E-state index in [-0.39, 0.29) is 5.02 Å². The summed E-state index contributed by atoms with van der Waals surface area (Å²) in [6, 6.07) is 3.84. The summed E-state index contributed by atoms with van der Waals surface area (Å²) in [6.45, 7) is 0. The van der Waals surface area contributed by atoms with Crippen molar-refractivity contribution in [3.63, 3.8) is 0 Å². The number of aliphatic hydroxyl groups excluding tert-OH is 1. The first-order chi connectivity index (χ1) is 7.59. The molecule has 1 atom stereocenters. The Hall–Kier alpha value is -1.46.